The second kappa shape index (κ2) is 6.80. The van der Waals surface area contributed by atoms with E-state index < -0.39 is 0 Å². The van der Waals surface area contributed by atoms with Crippen LogP contribution in [0.25, 0.3) is 10.9 Å². The van der Waals surface area contributed by atoms with Crippen LogP contribution >= 0.6 is 11.3 Å². The number of amides is 1. The summed E-state index contributed by atoms with van der Waals surface area (Å²) in [6.45, 7) is 3.57. The standard InChI is InChI=1S/C19H20N4OS/c1-13-7-8-14-4-2-6-16(17(14)22-13)18(24)21-12-15-5-3-10-23(15)19-20-9-11-25-19/h2,4,6-9,11,15H,3,5,10,12H2,1H3,(H,21,24). The Morgan fingerprint density at radius 1 is 1.36 bits per heavy atom. The van der Waals surface area contributed by atoms with Crippen molar-refractivity contribution in [2.24, 2.45) is 0 Å². The van der Waals surface area contributed by atoms with E-state index in [1.165, 1.54) is 0 Å². The van der Waals surface area contributed by atoms with Crippen molar-refractivity contribution < 1.29 is 4.79 Å². The van der Waals surface area contributed by atoms with Crippen LogP contribution in [-0.4, -0.2) is 35.0 Å². The molecule has 0 radical (unpaired) electrons. The average Bonchev–Trinajstić information content (AvgIpc) is 3.30. The third kappa shape index (κ3) is 3.22. The Hall–Kier alpha value is -2.47. The highest BCUT2D eigenvalue weighted by molar-refractivity contribution is 7.13. The molecule has 0 aliphatic carbocycles. The Labute approximate surface area is 150 Å². The summed E-state index contributed by atoms with van der Waals surface area (Å²) in [6, 6.07) is 10.0. The monoisotopic (exact) mass is 352 g/mol. The Kier molecular flexibility index (Phi) is 4.36. The Bertz CT molecular complexity index is 894. The molecule has 1 aliphatic rings. The van der Waals surface area contributed by atoms with Crippen LogP contribution in [0.2, 0.25) is 0 Å². The van der Waals surface area contributed by atoms with Gasteiger partial charge in [-0.2, -0.15) is 0 Å². The number of thiazole rings is 1. The number of nitrogens with one attached hydrogen (secondary N) is 1. The molecule has 1 aliphatic heterocycles. The van der Waals surface area contributed by atoms with Crippen LogP contribution in [0, 0.1) is 6.92 Å². The third-order valence-corrected chi connectivity index (χ3v) is 5.45. The fourth-order valence-electron chi connectivity index (χ4n) is 3.39. The van der Waals surface area contributed by atoms with Crippen LogP contribution in [0.4, 0.5) is 5.13 Å². The highest BCUT2D eigenvalue weighted by atomic mass is 32.1. The van der Waals surface area contributed by atoms with Crippen molar-refractivity contribution in [1.29, 1.82) is 0 Å². The number of aromatic nitrogens is 2. The molecule has 1 amide bonds. The molecule has 128 valence electrons. The van der Waals surface area contributed by atoms with E-state index in [1.807, 2.05) is 48.8 Å². The first-order valence-corrected chi connectivity index (χ1v) is 9.41. The minimum absolute atomic E-state index is 0.0605. The van der Waals surface area contributed by atoms with E-state index in [1.54, 1.807) is 11.3 Å². The summed E-state index contributed by atoms with van der Waals surface area (Å²) in [5, 5.41) is 7.12. The molecule has 0 saturated carbocycles. The zero-order valence-corrected chi connectivity index (χ0v) is 14.9. The predicted molar refractivity (Wildman–Crippen MR) is 101 cm³/mol. The van der Waals surface area contributed by atoms with E-state index in [0.29, 0.717) is 18.2 Å². The molecule has 4 rings (SSSR count). The third-order valence-electron chi connectivity index (χ3n) is 4.64. The Morgan fingerprint density at radius 2 is 2.28 bits per heavy atom. The molecule has 3 aromatic rings. The summed E-state index contributed by atoms with van der Waals surface area (Å²) in [5.74, 6) is -0.0605. The summed E-state index contributed by atoms with van der Waals surface area (Å²) in [7, 11) is 0. The van der Waals surface area contributed by atoms with E-state index in [-0.39, 0.29) is 5.91 Å². The molecule has 1 saturated heterocycles. The van der Waals surface area contributed by atoms with Crippen LogP contribution in [-0.2, 0) is 0 Å². The molecule has 5 nitrogen and oxygen atoms in total. The van der Waals surface area contributed by atoms with Crippen molar-refractivity contribution >= 4 is 33.3 Å². The molecule has 2 aromatic heterocycles. The second-order valence-electron chi connectivity index (χ2n) is 6.34. The molecule has 0 spiro atoms. The van der Waals surface area contributed by atoms with Crippen molar-refractivity contribution in [3.8, 4) is 0 Å². The zero-order valence-electron chi connectivity index (χ0n) is 14.1. The zero-order chi connectivity index (χ0) is 17.2. The molecule has 1 fully saturated rings. The minimum atomic E-state index is -0.0605. The maximum absolute atomic E-state index is 12.7. The largest absolute Gasteiger partial charge is 0.350 e. The predicted octanol–water partition coefficient (Wildman–Crippen LogP) is 3.40. The van der Waals surface area contributed by atoms with E-state index in [4.69, 9.17) is 0 Å². The van der Waals surface area contributed by atoms with Crippen molar-refractivity contribution in [2.75, 3.05) is 18.0 Å². The van der Waals surface area contributed by atoms with Crippen molar-refractivity contribution in [3.63, 3.8) is 0 Å². The van der Waals surface area contributed by atoms with Gasteiger partial charge in [0, 0.05) is 41.8 Å². The molecule has 1 N–H and O–H groups in total. The number of anilines is 1. The summed E-state index contributed by atoms with van der Waals surface area (Å²) in [6.07, 6.45) is 4.04. The number of aryl methyl sites for hydroxylation is 1. The normalized spacial score (nSPS) is 17.2. The number of rotatable bonds is 4. The van der Waals surface area contributed by atoms with Crippen LogP contribution in [0.15, 0.2) is 41.9 Å². The van der Waals surface area contributed by atoms with Gasteiger partial charge < -0.3 is 10.2 Å². The van der Waals surface area contributed by atoms with Gasteiger partial charge in [0.1, 0.15) is 0 Å². The van der Waals surface area contributed by atoms with Gasteiger partial charge in [-0.1, -0.05) is 18.2 Å². The van der Waals surface area contributed by atoms with E-state index in [2.05, 4.69) is 20.2 Å². The lowest BCUT2D eigenvalue weighted by atomic mass is 10.1. The number of carbonyl (C=O) groups excluding carboxylic acids is 1. The number of fused-ring (bicyclic) bond motifs is 1. The Balaban J connectivity index is 1.50. The molecule has 3 heterocycles. The van der Waals surface area contributed by atoms with Gasteiger partial charge in [-0.3, -0.25) is 9.78 Å². The van der Waals surface area contributed by atoms with Crippen molar-refractivity contribution in [2.45, 2.75) is 25.8 Å². The number of nitrogens with zero attached hydrogens (tertiary/aromatic N) is 3. The highest BCUT2D eigenvalue weighted by Gasteiger charge is 2.26. The van der Waals surface area contributed by atoms with Crippen LogP contribution in [0.5, 0.6) is 0 Å². The fourth-order valence-corrected chi connectivity index (χ4v) is 4.13. The fraction of sp³-hybridized carbons (Fsp3) is 0.316. The van der Waals surface area contributed by atoms with Gasteiger partial charge in [-0.05, 0) is 31.9 Å². The van der Waals surface area contributed by atoms with Crippen LogP contribution in [0.3, 0.4) is 0 Å². The molecule has 1 unspecified atom stereocenters. The van der Waals surface area contributed by atoms with E-state index in [9.17, 15) is 4.79 Å². The smallest absolute Gasteiger partial charge is 0.253 e. The van der Waals surface area contributed by atoms with E-state index in [0.717, 1.165) is 41.1 Å². The number of benzene rings is 1. The van der Waals surface area contributed by atoms with Crippen molar-refractivity contribution in [3.05, 3.63) is 53.2 Å². The van der Waals surface area contributed by atoms with Gasteiger partial charge in [0.15, 0.2) is 5.13 Å². The maximum Gasteiger partial charge on any atom is 0.253 e. The first kappa shape index (κ1) is 16.0. The second-order valence-corrected chi connectivity index (χ2v) is 7.22. The van der Waals surface area contributed by atoms with Crippen LogP contribution in [0.1, 0.15) is 28.9 Å². The average molecular weight is 352 g/mol. The molecule has 1 atom stereocenters. The summed E-state index contributed by atoms with van der Waals surface area (Å²) in [4.78, 5) is 24.0. The lowest BCUT2D eigenvalue weighted by molar-refractivity contribution is 0.0953. The number of pyridine rings is 1. The lowest BCUT2D eigenvalue weighted by Gasteiger charge is -2.24. The molecule has 6 heteroatoms. The molecule has 0 bridgehead atoms. The number of hydrogen-bond acceptors (Lipinski definition) is 5. The minimum Gasteiger partial charge on any atom is -0.350 e. The van der Waals surface area contributed by atoms with Gasteiger partial charge >= 0.3 is 0 Å². The topological polar surface area (TPSA) is 58.1 Å². The SMILES string of the molecule is Cc1ccc2cccc(C(=O)NCC3CCCN3c3nccs3)c2n1. The first-order valence-electron chi connectivity index (χ1n) is 8.53. The van der Waals surface area contributed by atoms with Crippen molar-refractivity contribution in [1.82, 2.24) is 15.3 Å². The molecule has 1 aromatic carbocycles. The number of carbonyl (C=O) groups is 1. The highest BCUT2D eigenvalue weighted by Crippen LogP contribution is 2.27. The van der Waals surface area contributed by atoms with Gasteiger partial charge in [0.25, 0.3) is 5.91 Å². The first-order chi connectivity index (χ1) is 12.2. The summed E-state index contributed by atoms with van der Waals surface area (Å²) < 4.78 is 0. The van der Waals surface area contributed by atoms with Gasteiger partial charge in [0.05, 0.1) is 11.1 Å². The van der Waals surface area contributed by atoms with Gasteiger partial charge in [-0.15, -0.1) is 11.3 Å². The lowest BCUT2D eigenvalue weighted by Crippen LogP contribution is -2.40. The number of para-hydroxylation sites is 1. The quantitative estimate of drug-likeness (QED) is 0.782. The van der Waals surface area contributed by atoms with Gasteiger partial charge in [-0.25, -0.2) is 4.98 Å². The summed E-state index contributed by atoms with van der Waals surface area (Å²) >= 11 is 1.65. The summed E-state index contributed by atoms with van der Waals surface area (Å²) in [5.41, 5.74) is 2.32. The molecular weight excluding hydrogens is 332 g/mol. The molecule has 25 heavy (non-hydrogen) atoms. The van der Waals surface area contributed by atoms with E-state index >= 15 is 0 Å². The van der Waals surface area contributed by atoms with Gasteiger partial charge in [0.2, 0.25) is 0 Å². The maximum atomic E-state index is 12.7. The number of hydrogen-bond donors (Lipinski definition) is 1. The Morgan fingerprint density at radius 3 is 3.12 bits per heavy atom. The molecular formula is C19H20N4OS. The van der Waals surface area contributed by atoms with Crippen LogP contribution < -0.4 is 10.2 Å².